The molecule has 0 aliphatic carbocycles. The Morgan fingerprint density at radius 1 is 1.21 bits per heavy atom. The summed E-state index contributed by atoms with van der Waals surface area (Å²) in [5, 5.41) is 8.62. The highest BCUT2D eigenvalue weighted by Gasteiger charge is 2.24. The van der Waals surface area contributed by atoms with Gasteiger partial charge < -0.3 is 10.6 Å². The lowest BCUT2D eigenvalue weighted by Crippen LogP contribution is -2.34. The topological polar surface area (TPSA) is 66.9 Å². The molecule has 1 amide bonds. The van der Waals surface area contributed by atoms with Crippen LogP contribution in [-0.2, 0) is 0 Å². The summed E-state index contributed by atoms with van der Waals surface area (Å²) in [6.07, 6.45) is 1.75. The van der Waals surface area contributed by atoms with E-state index in [4.69, 9.17) is 4.98 Å². The van der Waals surface area contributed by atoms with Gasteiger partial charge in [0.1, 0.15) is 4.88 Å². The van der Waals surface area contributed by atoms with Gasteiger partial charge in [0.25, 0.3) is 5.91 Å². The van der Waals surface area contributed by atoms with Gasteiger partial charge in [-0.25, -0.2) is 4.98 Å². The van der Waals surface area contributed by atoms with Crippen molar-refractivity contribution >= 4 is 50.0 Å². The number of anilines is 1. The summed E-state index contributed by atoms with van der Waals surface area (Å²) in [7, 11) is 0. The lowest BCUT2D eigenvalue weighted by molar-refractivity contribution is 0.0949. The third-order valence-corrected chi connectivity index (χ3v) is 6.32. The molecule has 1 atom stereocenters. The summed E-state index contributed by atoms with van der Waals surface area (Å²) in [4.78, 5) is 22.7. The number of pyridine rings is 2. The van der Waals surface area contributed by atoms with Gasteiger partial charge in [0, 0.05) is 39.3 Å². The monoisotopic (exact) mass is 400 g/mol. The van der Waals surface area contributed by atoms with E-state index in [2.05, 4.69) is 34.3 Å². The highest BCUT2D eigenvalue weighted by molar-refractivity contribution is 7.21. The predicted molar refractivity (Wildman–Crippen MR) is 121 cm³/mol. The number of nitrogens with one attached hydrogen (secondary N) is 2. The second-order valence-electron chi connectivity index (χ2n) is 7.39. The molecule has 0 bridgehead atoms. The number of rotatable bonds is 2. The number of amides is 1. The third kappa shape index (κ3) is 2.96. The molecule has 1 aliphatic rings. The summed E-state index contributed by atoms with van der Waals surface area (Å²) < 4.78 is 1.09. The van der Waals surface area contributed by atoms with Crippen LogP contribution in [-0.4, -0.2) is 28.5 Å². The zero-order valence-corrected chi connectivity index (χ0v) is 17.1. The molecule has 0 unspecified atom stereocenters. The first-order valence-corrected chi connectivity index (χ1v) is 10.4. The van der Waals surface area contributed by atoms with Crippen molar-refractivity contribution in [2.24, 2.45) is 0 Å². The normalized spacial score (nSPS) is 16.2. The molecule has 1 aliphatic heterocycles. The Morgan fingerprint density at radius 3 is 2.90 bits per heavy atom. The van der Waals surface area contributed by atoms with Crippen LogP contribution in [0.3, 0.4) is 0 Å². The molecule has 5 nitrogen and oxygen atoms in total. The molecule has 4 heterocycles. The van der Waals surface area contributed by atoms with Crippen LogP contribution < -0.4 is 10.6 Å². The number of carbonyl (C=O) groups excluding carboxylic acids is 1. The number of fused-ring (bicyclic) bond motifs is 5. The van der Waals surface area contributed by atoms with E-state index in [1.807, 2.05) is 38.1 Å². The van der Waals surface area contributed by atoms with E-state index in [9.17, 15) is 4.79 Å². The van der Waals surface area contributed by atoms with E-state index in [1.165, 1.54) is 11.3 Å². The van der Waals surface area contributed by atoms with Crippen LogP contribution in [0.15, 0.2) is 43.0 Å². The highest BCUT2D eigenvalue weighted by atomic mass is 32.1. The van der Waals surface area contributed by atoms with Crippen molar-refractivity contribution in [1.29, 1.82) is 0 Å². The summed E-state index contributed by atoms with van der Waals surface area (Å²) in [5.74, 6) is -0.0133. The quantitative estimate of drug-likeness (QED) is 0.497. The van der Waals surface area contributed by atoms with E-state index in [0.29, 0.717) is 6.54 Å². The highest BCUT2D eigenvalue weighted by Crippen LogP contribution is 2.41. The Balaban J connectivity index is 1.71. The van der Waals surface area contributed by atoms with Crippen LogP contribution in [0, 0.1) is 6.92 Å². The van der Waals surface area contributed by atoms with Crippen LogP contribution >= 0.6 is 11.3 Å². The minimum Gasteiger partial charge on any atom is -0.381 e. The lowest BCUT2D eigenvalue weighted by Gasteiger charge is -2.10. The number of nitrogens with zero attached hydrogens (tertiary/aromatic N) is 2. The molecular weight excluding hydrogens is 380 g/mol. The number of carbonyl (C=O) groups is 1. The van der Waals surface area contributed by atoms with Crippen molar-refractivity contribution < 1.29 is 4.79 Å². The van der Waals surface area contributed by atoms with Crippen LogP contribution in [0.1, 0.15) is 28.0 Å². The number of benzene rings is 1. The largest absolute Gasteiger partial charge is 0.381 e. The average Bonchev–Trinajstić information content (AvgIpc) is 3.04. The van der Waals surface area contributed by atoms with E-state index in [1.54, 1.807) is 6.08 Å². The second kappa shape index (κ2) is 6.67. The first kappa shape index (κ1) is 17.8. The van der Waals surface area contributed by atoms with Gasteiger partial charge in [-0.2, -0.15) is 0 Å². The molecule has 144 valence electrons. The van der Waals surface area contributed by atoms with E-state index < -0.39 is 0 Å². The number of hydrogen-bond donors (Lipinski definition) is 2. The van der Waals surface area contributed by atoms with Gasteiger partial charge >= 0.3 is 0 Å². The minimum absolute atomic E-state index is 0.0133. The molecule has 5 rings (SSSR count). The molecular formula is C23H20N4OS. The Kier molecular flexibility index (Phi) is 4.10. The first-order valence-electron chi connectivity index (χ1n) is 9.56. The molecule has 2 N–H and O–H groups in total. The minimum atomic E-state index is -0.0133. The summed E-state index contributed by atoms with van der Waals surface area (Å²) in [6.45, 7) is 8.50. The molecule has 29 heavy (non-hydrogen) atoms. The third-order valence-electron chi connectivity index (χ3n) is 5.17. The fraction of sp³-hybridized carbons (Fsp3) is 0.174. The molecule has 4 aromatic rings. The molecule has 0 saturated carbocycles. The Bertz CT molecular complexity index is 1310. The van der Waals surface area contributed by atoms with Crippen molar-refractivity contribution in [1.82, 2.24) is 15.3 Å². The van der Waals surface area contributed by atoms with Crippen molar-refractivity contribution in [3.63, 3.8) is 0 Å². The lowest BCUT2D eigenvalue weighted by atomic mass is 10.1. The van der Waals surface area contributed by atoms with Crippen molar-refractivity contribution in [3.05, 3.63) is 59.2 Å². The average molecular weight is 401 g/mol. The Hall–Kier alpha value is -3.25. The van der Waals surface area contributed by atoms with Gasteiger partial charge in [0.2, 0.25) is 0 Å². The predicted octanol–water partition coefficient (Wildman–Crippen LogP) is 5.01. The number of thiophene rings is 1. The smallest absolute Gasteiger partial charge is 0.263 e. The fourth-order valence-electron chi connectivity index (χ4n) is 3.83. The molecule has 1 aromatic carbocycles. The molecule has 6 heteroatoms. The summed E-state index contributed by atoms with van der Waals surface area (Å²) in [6, 6.07) is 12.3. The maximum atomic E-state index is 12.6. The molecule has 0 saturated heterocycles. The first-order chi connectivity index (χ1) is 14.0. The van der Waals surface area contributed by atoms with Gasteiger partial charge in [-0.1, -0.05) is 6.58 Å². The van der Waals surface area contributed by atoms with E-state index in [-0.39, 0.29) is 11.9 Å². The van der Waals surface area contributed by atoms with Gasteiger partial charge in [0.05, 0.1) is 22.6 Å². The molecule has 0 fully saturated rings. The van der Waals surface area contributed by atoms with Crippen molar-refractivity contribution in [2.75, 3.05) is 11.9 Å². The van der Waals surface area contributed by atoms with E-state index in [0.717, 1.165) is 54.2 Å². The summed E-state index contributed by atoms with van der Waals surface area (Å²) >= 11 is 1.52. The molecule has 3 aromatic heterocycles. The SMILES string of the molecule is C=Cc1cc(-c2ccc3c(ccc4sc5c(c43)NC[C@@H](C)NC5=O)n2)cc(C)n1. The van der Waals surface area contributed by atoms with Crippen LogP contribution in [0.2, 0.25) is 0 Å². The maximum absolute atomic E-state index is 12.6. The van der Waals surface area contributed by atoms with Gasteiger partial charge in [-0.05, 0) is 56.3 Å². The van der Waals surface area contributed by atoms with Crippen LogP contribution in [0.4, 0.5) is 5.69 Å². The number of hydrogen-bond acceptors (Lipinski definition) is 5. The van der Waals surface area contributed by atoms with Gasteiger partial charge in [-0.3, -0.25) is 9.78 Å². The zero-order valence-electron chi connectivity index (χ0n) is 16.2. The van der Waals surface area contributed by atoms with Gasteiger partial charge in [-0.15, -0.1) is 11.3 Å². The molecule has 0 spiro atoms. The summed E-state index contributed by atoms with van der Waals surface area (Å²) in [5.41, 5.74) is 5.51. The Morgan fingerprint density at radius 2 is 2.07 bits per heavy atom. The van der Waals surface area contributed by atoms with Crippen LogP contribution in [0.25, 0.3) is 38.3 Å². The second-order valence-corrected chi connectivity index (χ2v) is 8.44. The van der Waals surface area contributed by atoms with Crippen LogP contribution in [0.5, 0.6) is 0 Å². The Labute approximate surface area is 172 Å². The van der Waals surface area contributed by atoms with Gasteiger partial charge in [0.15, 0.2) is 0 Å². The molecule has 0 radical (unpaired) electrons. The van der Waals surface area contributed by atoms with Crippen molar-refractivity contribution in [3.8, 4) is 11.3 Å². The van der Waals surface area contributed by atoms with E-state index >= 15 is 0 Å². The number of aryl methyl sites for hydroxylation is 1. The maximum Gasteiger partial charge on any atom is 0.263 e. The standard InChI is InChI=1S/C23H20N4OS/c1-4-15-10-14(9-12(2)25-15)17-6-5-16-18(27-17)7-8-19-20(16)21-22(29-19)23(28)26-13(3)11-24-21/h4-10,13,24H,1,11H2,2-3H3,(H,26,28)/t13-/m1/s1. The fourth-order valence-corrected chi connectivity index (χ4v) is 4.93. The zero-order chi connectivity index (χ0) is 20.1. The number of aromatic nitrogens is 2. The van der Waals surface area contributed by atoms with Crippen molar-refractivity contribution in [2.45, 2.75) is 19.9 Å².